The van der Waals surface area contributed by atoms with Gasteiger partial charge in [0, 0.05) is 12.5 Å². The van der Waals surface area contributed by atoms with Gasteiger partial charge in [-0.05, 0) is 37.6 Å². The van der Waals surface area contributed by atoms with Crippen molar-refractivity contribution in [1.82, 2.24) is 5.32 Å². The number of benzene rings is 1. The molecule has 0 saturated carbocycles. The third kappa shape index (κ3) is 1.98. The Bertz CT molecular complexity index is 326. The van der Waals surface area contributed by atoms with Crippen LogP contribution in [-0.4, -0.2) is 23.3 Å². The molecule has 0 spiro atoms. The highest BCUT2D eigenvalue weighted by Gasteiger charge is 2.35. The maximum atomic E-state index is 10.5. The summed E-state index contributed by atoms with van der Waals surface area (Å²) in [6.45, 7) is 3.67. The maximum Gasteiger partial charge on any atom is 0.115 e. The second-order valence-electron chi connectivity index (χ2n) is 4.38. The van der Waals surface area contributed by atoms with Crippen molar-refractivity contribution >= 4 is 0 Å². The molecule has 2 rings (SSSR count). The summed E-state index contributed by atoms with van der Waals surface area (Å²) in [6.07, 6.45) is 0.994. The summed E-state index contributed by atoms with van der Waals surface area (Å²) >= 11 is 0. The van der Waals surface area contributed by atoms with E-state index in [9.17, 15) is 10.2 Å². The molecule has 82 valence electrons. The summed E-state index contributed by atoms with van der Waals surface area (Å²) < 4.78 is 0. The summed E-state index contributed by atoms with van der Waals surface area (Å²) in [7, 11) is 0. The van der Waals surface area contributed by atoms with Crippen molar-refractivity contribution in [3.05, 3.63) is 29.8 Å². The minimum absolute atomic E-state index is 0.235. The second-order valence-corrected chi connectivity index (χ2v) is 4.38. The van der Waals surface area contributed by atoms with Gasteiger partial charge in [-0.1, -0.05) is 12.1 Å². The average molecular weight is 207 g/mol. The van der Waals surface area contributed by atoms with Gasteiger partial charge >= 0.3 is 0 Å². The highest BCUT2D eigenvalue weighted by atomic mass is 16.3. The quantitative estimate of drug-likeness (QED) is 0.683. The van der Waals surface area contributed by atoms with Gasteiger partial charge in [-0.3, -0.25) is 0 Å². The van der Waals surface area contributed by atoms with Crippen LogP contribution in [0.5, 0.6) is 5.75 Å². The summed E-state index contributed by atoms with van der Waals surface area (Å²) in [5.41, 5.74) is 0.0611. The van der Waals surface area contributed by atoms with Crippen molar-refractivity contribution < 1.29 is 10.2 Å². The fourth-order valence-electron chi connectivity index (χ4n) is 2.17. The van der Waals surface area contributed by atoms with Crippen molar-refractivity contribution in [3.63, 3.8) is 0 Å². The molecule has 0 bridgehead atoms. The van der Waals surface area contributed by atoms with Crippen LogP contribution in [0.1, 0.15) is 18.9 Å². The van der Waals surface area contributed by atoms with E-state index in [1.54, 1.807) is 24.3 Å². The Morgan fingerprint density at radius 2 is 2.00 bits per heavy atom. The van der Waals surface area contributed by atoms with E-state index in [-0.39, 0.29) is 11.7 Å². The molecular formula is C12H17NO2. The molecule has 1 aromatic rings. The van der Waals surface area contributed by atoms with E-state index in [4.69, 9.17) is 0 Å². The van der Waals surface area contributed by atoms with E-state index < -0.39 is 5.60 Å². The smallest absolute Gasteiger partial charge is 0.115 e. The molecule has 0 aliphatic carbocycles. The summed E-state index contributed by atoms with van der Waals surface area (Å²) in [5, 5.41) is 22.9. The largest absolute Gasteiger partial charge is 0.508 e. The molecule has 1 aliphatic rings. The van der Waals surface area contributed by atoms with E-state index in [1.807, 2.05) is 6.92 Å². The third-order valence-corrected chi connectivity index (χ3v) is 3.31. The topological polar surface area (TPSA) is 52.5 Å². The van der Waals surface area contributed by atoms with Crippen molar-refractivity contribution in [2.75, 3.05) is 13.1 Å². The minimum atomic E-state index is -0.808. The van der Waals surface area contributed by atoms with Gasteiger partial charge in [-0.2, -0.15) is 0 Å². The maximum absolute atomic E-state index is 10.5. The zero-order valence-electron chi connectivity index (χ0n) is 8.90. The van der Waals surface area contributed by atoms with Gasteiger partial charge < -0.3 is 15.5 Å². The lowest BCUT2D eigenvalue weighted by atomic mass is 9.82. The second kappa shape index (κ2) is 3.83. The number of aliphatic hydroxyl groups is 1. The van der Waals surface area contributed by atoms with Crippen LogP contribution in [0.4, 0.5) is 0 Å². The predicted molar refractivity (Wildman–Crippen MR) is 58.7 cm³/mol. The predicted octanol–water partition coefficient (Wildman–Crippen LogP) is 1.21. The number of phenolic OH excluding ortho intramolecular Hbond substituents is 1. The summed E-state index contributed by atoms with van der Waals surface area (Å²) in [6, 6.07) is 6.81. The highest BCUT2D eigenvalue weighted by molar-refractivity contribution is 5.30. The zero-order chi connectivity index (χ0) is 10.9. The minimum Gasteiger partial charge on any atom is -0.508 e. The average Bonchev–Trinajstić information content (AvgIpc) is 2.71. The fourth-order valence-corrected chi connectivity index (χ4v) is 2.17. The lowest BCUT2D eigenvalue weighted by Crippen LogP contribution is -2.33. The number of hydrogen-bond donors (Lipinski definition) is 3. The van der Waals surface area contributed by atoms with Crippen molar-refractivity contribution in [3.8, 4) is 5.75 Å². The van der Waals surface area contributed by atoms with Crippen LogP contribution in [0.25, 0.3) is 0 Å². The molecule has 2 unspecified atom stereocenters. The Morgan fingerprint density at radius 3 is 2.53 bits per heavy atom. The first-order valence-corrected chi connectivity index (χ1v) is 5.33. The van der Waals surface area contributed by atoms with E-state index in [0.717, 1.165) is 25.1 Å². The van der Waals surface area contributed by atoms with E-state index in [1.165, 1.54) is 0 Å². The van der Waals surface area contributed by atoms with Crippen LogP contribution in [-0.2, 0) is 5.60 Å². The van der Waals surface area contributed by atoms with Gasteiger partial charge in [-0.25, -0.2) is 0 Å². The monoisotopic (exact) mass is 207 g/mol. The number of phenols is 1. The van der Waals surface area contributed by atoms with Crippen molar-refractivity contribution in [1.29, 1.82) is 0 Å². The van der Waals surface area contributed by atoms with E-state index in [2.05, 4.69) is 5.32 Å². The molecule has 3 N–H and O–H groups in total. The molecule has 1 saturated heterocycles. The Hall–Kier alpha value is -1.06. The molecule has 1 fully saturated rings. The summed E-state index contributed by atoms with van der Waals surface area (Å²) in [4.78, 5) is 0. The number of hydrogen-bond acceptors (Lipinski definition) is 3. The van der Waals surface area contributed by atoms with Gasteiger partial charge in [-0.15, -0.1) is 0 Å². The first-order chi connectivity index (χ1) is 7.10. The molecule has 3 heteroatoms. The van der Waals surface area contributed by atoms with Crippen LogP contribution in [0.3, 0.4) is 0 Å². The van der Waals surface area contributed by atoms with Crippen LogP contribution >= 0.6 is 0 Å². The molecule has 1 aromatic carbocycles. The lowest BCUT2D eigenvalue weighted by Gasteiger charge is -2.30. The van der Waals surface area contributed by atoms with E-state index >= 15 is 0 Å². The molecule has 1 aliphatic heterocycles. The Kier molecular flexibility index (Phi) is 2.67. The van der Waals surface area contributed by atoms with Gasteiger partial charge in [0.25, 0.3) is 0 Å². The number of nitrogens with one attached hydrogen (secondary N) is 1. The first-order valence-electron chi connectivity index (χ1n) is 5.33. The molecule has 15 heavy (non-hydrogen) atoms. The molecule has 3 nitrogen and oxygen atoms in total. The van der Waals surface area contributed by atoms with Crippen molar-refractivity contribution in [2.45, 2.75) is 18.9 Å². The van der Waals surface area contributed by atoms with Crippen molar-refractivity contribution in [2.24, 2.45) is 5.92 Å². The molecule has 0 aromatic heterocycles. The molecular weight excluding hydrogens is 190 g/mol. The Labute approximate surface area is 89.8 Å². The standard InChI is InChI=1S/C12H17NO2/c1-12(15,10-6-7-13-8-10)9-2-4-11(14)5-3-9/h2-5,10,13-15H,6-8H2,1H3. The van der Waals surface area contributed by atoms with Crippen LogP contribution in [0, 0.1) is 5.92 Å². The first kappa shape index (κ1) is 10.5. The SMILES string of the molecule is CC(O)(c1ccc(O)cc1)C1CCNC1. The van der Waals surface area contributed by atoms with E-state index in [0.29, 0.717) is 0 Å². The molecule has 0 radical (unpaired) electrons. The van der Waals surface area contributed by atoms with Gasteiger partial charge in [0.15, 0.2) is 0 Å². The van der Waals surface area contributed by atoms with Crippen LogP contribution < -0.4 is 5.32 Å². The highest BCUT2D eigenvalue weighted by Crippen LogP contribution is 2.33. The van der Waals surface area contributed by atoms with Crippen LogP contribution in [0.2, 0.25) is 0 Å². The Balaban J connectivity index is 2.23. The lowest BCUT2D eigenvalue weighted by molar-refractivity contribution is 0.00214. The van der Waals surface area contributed by atoms with Crippen LogP contribution in [0.15, 0.2) is 24.3 Å². The third-order valence-electron chi connectivity index (χ3n) is 3.31. The number of rotatable bonds is 2. The molecule has 1 heterocycles. The summed E-state index contributed by atoms with van der Waals surface area (Å²) in [5.74, 6) is 0.487. The molecule has 0 amide bonds. The normalized spacial score (nSPS) is 25.1. The zero-order valence-corrected chi connectivity index (χ0v) is 8.90. The Morgan fingerprint density at radius 1 is 1.33 bits per heavy atom. The number of aromatic hydroxyl groups is 1. The van der Waals surface area contributed by atoms with Gasteiger partial charge in [0.05, 0.1) is 5.60 Å². The van der Waals surface area contributed by atoms with Gasteiger partial charge in [0.2, 0.25) is 0 Å². The van der Waals surface area contributed by atoms with Gasteiger partial charge in [0.1, 0.15) is 5.75 Å². The fraction of sp³-hybridized carbons (Fsp3) is 0.500. The molecule has 2 atom stereocenters.